The number of nitrogens with two attached hydrogens (primary N) is 1. The molecule has 90 valence electrons. The van der Waals surface area contributed by atoms with Gasteiger partial charge < -0.3 is 15.2 Å². The Morgan fingerprint density at radius 2 is 1.88 bits per heavy atom. The van der Waals surface area contributed by atoms with Gasteiger partial charge in [-0.15, -0.1) is 0 Å². The summed E-state index contributed by atoms with van der Waals surface area (Å²) in [7, 11) is 0. The van der Waals surface area contributed by atoms with Crippen LogP contribution in [0.5, 0.6) is 5.75 Å². The zero-order chi connectivity index (χ0) is 11.9. The maximum absolute atomic E-state index is 5.70. The Balaban J connectivity index is 2.22. The van der Waals surface area contributed by atoms with Crippen molar-refractivity contribution in [2.24, 2.45) is 5.73 Å². The highest BCUT2D eigenvalue weighted by atomic mass is 16.5. The van der Waals surface area contributed by atoms with E-state index in [1.54, 1.807) is 0 Å². The Hall–Kier alpha value is -1.06. The van der Waals surface area contributed by atoms with Crippen LogP contribution in [0.25, 0.3) is 0 Å². The highest BCUT2D eigenvalue weighted by molar-refractivity contribution is 5.20. The predicted molar refractivity (Wildman–Crippen MR) is 65.6 cm³/mol. The molecule has 1 rings (SSSR count). The third kappa shape index (κ3) is 4.21. The molecule has 0 aliphatic rings. The first-order valence-corrected chi connectivity index (χ1v) is 5.72. The molecular formula is C13H21NO2. The minimum atomic E-state index is -0.222. The van der Waals surface area contributed by atoms with Gasteiger partial charge in [-0.2, -0.15) is 0 Å². The van der Waals surface area contributed by atoms with Crippen molar-refractivity contribution < 1.29 is 9.47 Å². The number of para-hydroxylation sites is 1. The van der Waals surface area contributed by atoms with Gasteiger partial charge in [0.15, 0.2) is 0 Å². The quantitative estimate of drug-likeness (QED) is 0.721. The number of hydrogen-bond acceptors (Lipinski definition) is 3. The van der Waals surface area contributed by atoms with E-state index in [0.29, 0.717) is 19.8 Å². The molecule has 0 saturated carbocycles. The largest absolute Gasteiger partial charge is 0.491 e. The molecule has 0 aliphatic heterocycles. The van der Waals surface area contributed by atoms with Crippen molar-refractivity contribution in [3.63, 3.8) is 0 Å². The lowest BCUT2D eigenvalue weighted by molar-refractivity contribution is -0.0384. The van der Waals surface area contributed by atoms with Crippen LogP contribution >= 0.6 is 0 Å². The van der Waals surface area contributed by atoms with Gasteiger partial charge in [0, 0.05) is 6.54 Å². The lowest BCUT2D eigenvalue weighted by Gasteiger charge is -2.26. The molecule has 0 radical (unpaired) electrons. The van der Waals surface area contributed by atoms with E-state index in [2.05, 4.69) is 6.92 Å². The summed E-state index contributed by atoms with van der Waals surface area (Å²) in [6.07, 6.45) is 0.912. The van der Waals surface area contributed by atoms with Crippen LogP contribution in [0, 0.1) is 0 Å². The average Bonchev–Trinajstić information content (AvgIpc) is 2.36. The molecule has 2 N–H and O–H groups in total. The van der Waals surface area contributed by atoms with Gasteiger partial charge in [0.25, 0.3) is 0 Å². The van der Waals surface area contributed by atoms with E-state index >= 15 is 0 Å². The summed E-state index contributed by atoms with van der Waals surface area (Å²) in [4.78, 5) is 0. The Morgan fingerprint density at radius 1 is 1.19 bits per heavy atom. The lowest BCUT2D eigenvalue weighted by atomic mass is 10.0. The minimum absolute atomic E-state index is 0.222. The molecule has 0 spiro atoms. The van der Waals surface area contributed by atoms with Crippen LogP contribution in [0.3, 0.4) is 0 Å². The summed E-state index contributed by atoms with van der Waals surface area (Å²) in [5.41, 5.74) is 5.42. The van der Waals surface area contributed by atoms with Crippen LogP contribution in [0.15, 0.2) is 30.3 Å². The van der Waals surface area contributed by atoms with Crippen molar-refractivity contribution in [3.05, 3.63) is 30.3 Å². The molecule has 0 bridgehead atoms. The molecule has 0 fully saturated rings. The van der Waals surface area contributed by atoms with E-state index in [9.17, 15) is 0 Å². The van der Waals surface area contributed by atoms with Gasteiger partial charge in [-0.3, -0.25) is 0 Å². The van der Waals surface area contributed by atoms with Crippen molar-refractivity contribution in [1.82, 2.24) is 0 Å². The molecule has 1 aromatic rings. The Kier molecular flexibility index (Phi) is 5.29. The fourth-order valence-corrected chi connectivity index (χ4v) is 1.27. The SMILES string of the molecule is CCC(C)(CN)OCCOc1ccccc1. The second kappa shape index (κ2) is 6.51. The first-order valence-electron chi connectivity index (χ1n) is 5.72. The van der Waals surface area contributed by atoms with Crippen molar-refractivity contribution in [3.8, 4) is 5.75 Å². The fourth-order valence-electron chi connectivity index (χ4n) is 1.27. The zero-order valence-corrected chi connectivity index (χ0v) is 10.1. The second-order valence-electron chi connectivity index (χ2n) is 4.02. The molecule has 0 heterocycles. The molecular weight excluding hydrogens is 202 g/mol. The van der Waals surface area contributed by atoms with Gasteiger partial charge in [-0.05, 0) is 25.5 Å². The molecule has 1 aromatic carbocycles. The zero-order valence-electron chi connectivity index (χ0n) is 10.1. The summed E-state index contributed by atoms with van der Waals surface area (Å²) in [5.74, 6) is 0.872. The van der Waals surface area contributed by atoms with E-state index in [-0.39, 0.29) is 5.60 Å². The monoisotopic (exact) mass is 223 g/mol. The molecule has 0 amide bonds. The van der Waals surface area contributed by atoms with E-state index in [4.69, 9.17) is 15.2 Å². The number of hydrogen-bond donors (Lipinski definition) is 1. The normalized spacial score (nSPS) is 14.4. The summed E-state index contributed by atoms with van der Waals surface area (Å²) >= 11 is 0. The van der Waals surface area contributed by atoms with E-state index in [0.717, 1.165) is 12.2 Å². The Labute approximate surface area is 97.6 Å². The molecule has 0 aliphatic carbocycles. The minimum Gasteiger partial charge on any atom is -0.491 e. The smallest absolute Gasteiger partial charge is 0.119 e. The van der Waals surface area contributed by atoms with Gasteiger partial charge in [-0.1, -0.05) is 25.1 Å². The van der Waals surface area contributed by atoms with E-state index in [1.165, 1.54) is 0 Å². The van der Waals surface area contributed by atoms with Gasteiger partial charge in [0.1, 0.15) is 12.4 Å². The van der Waals surface area contributed by atoms with Gasteiger partial charge >= 0.3 is 0 Å². The maximum Gasteiger partial charge on any atom is 0.119 e. The fraction of sp³-hybridized carbons (Fsp3) is 0.538. The van der Waals surface area contributed by atoms with Crippen LogP contribution in [-0.2, 0) is 4.74 Å². The Bertz CT molecular complexity index is 283. The van der Waals surface area contributed by atoms with Crippen LogP contribution in [0.2, 0.25) is 0 Å². The van der Waals surface area contributed by atoms with Crippen molar-refractivity contribution >= 4 is 0 Å². The maximum atomic E-state index is 5.70. The first kappa shape index (κ1) is 13.0. The van der Waals surface area contributed by atoms with Gasteiger partial charge in [-0.25, -0.2) is 0 Å². The molecule has 16 heavy (non-hydrogen) atoms. The van der Waals surface area contributed by atoms with Crippen molar-refractivity contribution in [2.45, 2.75) is 25.9 Å². The molecule has 1 unspecified atom stereocenters. The molecule has 3 heteroatoms. The van der Waals surface area contributed by atoms with Gasteiger partial charge in [0.2, 0.25) is 0 Å². The summed E-state index contributed by atoms with van der Waals surface area (Å²) < 4.78 is 11.2. The second-order valence-corrected chi connectivity index (χ2v) is 4.02. The standard InChI is InChI=1S/C13H21NO2/c1-3-13(2,11-14)16-10-9-15-12-7-5-4-6-8-12/h4-8H,3,9-11,14H2,1-2H3. The summed E-state index contributed by atoms with van der Waals surface area (Å²) in [6, 6.07) is 9.73. The van der Waals surface area contributed by atoms with E-state index in [1.807, 2.05) is 37.3 Å². The summed E-state index contributed by atoms with van der Waals surface area (Å²) in [6.45, 7) is 5.76. The molecule has 0 aromatic heterocycles. The molecule has 3 nitrogen and oxygen atoms in total. The average molecular weight is 223 g/mol. The molecule has 1 atom stereocenters. The number of benzene rings is 1. The Morgan fingerprint density at radius 3 is 2.44 bits per heavy atom. The topological polar surface area (TPSA) is 44.5 Å². The van der Waals surface area contributed by atoms with Crippen molar-refractivity contribution in [1.29, 1.82) is 0 Å². The van der Waals surface area contributed by atoms with E-state index < -0.39 is 0 Å². The van der Waals surface area contributed by atoms with Crippen molar-refractivity contribution in [2.75, 3.05) is 19.8 Å². The third-order valence-electron chi connectivity index (χ3n) is 2.73. The van der Waals surface area contributed by atoms with Crippen LogP contribution < -0.4 is 10.5 Å². The lowest BCUT2D eigenvalue weighted by Crippen LogP contribution is -2.38. The number of ether oxygens (including phenoxy) is 2. The van der Waals surface area contributed by atoms with Crippen LogP contribution in [0.1, 0.15) is 20.3 Å². The number of rotatable bonds is 7. The third-order valence-corrected chi connectivity index (χ3v) is 2.73. The first-order chi connectivity index (χ1) is 7.70. The molecule has 0 saturated heterocycles. The van der Waals surface area contributed by atoms with Crippen LogP contribution in [0.4, 0.5) is 0 Å². The van der Waals surface area contributed by atoms with Crippen LogP contribution in [-0.4, -0.2) is 25.4 Å². The summed E-state index contributed by atoms with van der Waals surface area (Å²) in [5, 5.41) is 0. The van der Waals surface area contributed by atoms with Gasteiger partial charge in [0.05, 0.1) is 12.2 Å². The predicted octanol–water partition coefficient (Wildman–Crippen LogP) is 2.21. The highest BCUT2D eigenvalue weighted by Gasteiger charge is 2.19. The highest BCUT2D eigenvalue weighted by Crippen LogP contribution is 2.13.